The van der Waals surface area contributed by atoms with Crippen LogP contribution in [0.1, 0.15) is 29.6 Å². The van der Waals surface area contributed by atoms with Crippen molar-refractivity contribution in [1.29, 1.82) is 0 Å². The van der Waals surface area contributed by atoms with E-state index in [-0.39, 0.29) is 23.2 Å². The van der Waals surface area contributed by atoms with Crippen molar-refractivity contribution in [1.82, 2.24) is 4.90 Å². The molecule has 2 N–H and O–H groups in total. The Kier molecular flexibility index (Phi) is 4.52. The van der Waals surface area contributed by atoms with Crippen LogP contribution >= 0.6 is 0 Å². The maximum Gasteiger partial charge on any atom is 0.270 e. The molecule has 1 aliphatic rings. The summed E-state index contributed by atoms with van der Waals surface area (Å²) in [6.07, 6.45) is 2.73. The van der Waals surface area contributed by atoms with E-state index in [9.17, 15) is 19.3 Å². The number of rotatable bonds is 4. The molecule has 21 heavy (non-hydrogen) atoms. The minimum atomic E-state index is -0.750. The smallest absolute Gasteiger partial charge is 0.270 e. The lowest BCUT2D eigenvalue weighted by molar-refractivity contribution is -0.384. The third-order valence-corrected chi connectivity index (χ3v) is 4.13. The molecule has 0 aliphatic heterocycles. The third kappa shape index (κ3) is 3.02. The molecule has 1 aromatic rings. The molecule has 0 radical (unpaired) electrons. The van der Waals surface area contributed by atoms with E-state index in [0.29, 0.717) is 6.54 Å². The zero-order valence-electron chi connectivity index (χ0n) is 11.8. The highest BCUT2D eigenvalue weighted by Crippen LogP contribution is 2.30. The number of hydrogen-bond acceptors (Lipinski definition) is 4. The first-order chi connectivity index (χ1) is 9.95. The van der Waals surface area contributed by atoms with Gasteiger partial charge in [-0.1, -0.05) is 6.42 Å². The Morgan fingerprint density at radius 1 is 1.52 bits per heavy atom. The second-order valence-corrected chi connectivity index (χ2v) is 5.33. The van der Waals surface area contributed by atoms with Crippen LogP contribution in [0.25, 0.3) is 0 Å². The highest BCUT2D eigenvalue weighted by atomic mass is 19.1. The molecule has 1 aromatic carbocycles. The lowest BCUT2D eigenvalue weighted by atomic mass is 10.0. The Balaban J connectivity index is 2.27. The second kappa shape index (κ2) is 6.17. The van der Waals surface area contributed by atoms with E-state index >= 15 is 0 Å². The number of nitro groups is 1. The van der Waals surface area contributed by atoms with Gasteiger partial charge in [-0.05, 0) is 31.4 Å². The largest absolute Gasteiger partial charge is 0.338 e. The first-order valence-electron chi connectivity index (χ1n) is 6.87. The van der Waals surface area contributed by atoms with Gasteiger partial charge < -0.3 is 10.6 Å². The van der Waals surface area contributed by atoms with Crippen LogP contribution in [-0.4, -0.2) is 35.4 Å². The van der Waals surface area contributed by atoms with Gasteiger partial charge in [-0.2, -0.15) is 0 Å². The molecule has 0 bridgehead atoms. The minimum Gasteiger partial charge on any atom is -0.338 e. The SMILES string of the molecule is CN(C(=O)c1cc([N+](=O)[O-])ccc1F)C1CCCC1CN. The lowest BCUT2D eigenvalue weighted by Crippen LogP contribution is -2.41. The van der Waals surface area contributed by atoms with Crippen LogP contribution in [0.15, 0.2) is 18.2 Å². The topological polar surface area (TPSA) is 89.5 Å². The number of nitrogens with two attached hydrogens (primary N) is 1. The van der Waals surface area contributed by atoms with Crippen LogP contribution in [0.5, 0.6) is 0 Å². The fraction of sp³-hybridized carbons (Fsp3) is 0.500. The molecule has 6 nitrogen and oxygen atoms in total. The zero-order valence-corrected chi connectivity index (χ0v) is 11.8. The van der Waals surface area contributed by atoms with Crippen LogP contribution in [0.3, 0.4) is 0 Å². The predicted molar refractivity (Wildman–Crippen MR) is 75.3 cm³/mol. The fourth-order valence-corrected chi connectivity index (χ4v) is 2.93. The monoisotopic (exact) mass is 295 g/mol. The standard InChI is InChI=1S/C14H18FN3O3/c1-17(13-4-2-3-9(13)8-16)14(19)11-7-10(18(20)21)5-6-12(11)15/h5-7,9,13H,2-4,8,16H2,1H3. The van der Waals surface area contributed by atoms with E-state index in [1.54, 1.807) is 7.05 Å². The summed E-state index contributed by atoms with van der Waals surface area (Å²) in [5, 5.41) is 10.8. The maximum absolute atomic E-state index is 13.8. The van der Waals surface area contributed by atoms with Crippen molar-refractivity contribution in [3.8, 4) is 0 Å². The van der Waals surface area contributed by atoms with Crippen LogP contribution in [0, 0.1) is 21.8 Å². The minimum absolute atomic E-state index is 0.0406. The third-order valence-electron chi connectivity index (χ3n) is 4.13. The zero-order chi connectivity index (χ0) is 15.6. The molecule has 1 amide bonds. The van der Waals surface area contributed by atoms with E-state index < -0.39 is 16.6 Å². The number of hydrogen-bond donors (Lipinski definition) is 1. The van der Waals surface area contributed by atoms with Gasteiger partial charge >= 0.3 is 0 Å². The summed E-state index contributed by atoms with van der Waals surface area (Å²) in [4.78, 5) is 24.0. The molecule has 0 heterocycles. The number of benzene rings is 1. The van der Waals surface area contributed by atoms with E-state index in [2.05, 4.69) is 0 Å². The molecular formula is C14H18FN3O3. The van der Waals surface area contributed by atoms with Crippen molar-refractivity contribution in [3.63, 3.8) is 0 Å². The fourth-order valence-electron chi connectivity index (χ4n) is 2.93. The summed E-state index contributed by atoms with van der Waals surface area (Å²) in [5.41, 5.74) is 5.13. The molecule has 2 unspecified atom stereocenters. The quantitative estimate of drug-likeness (QED) is 0.679. The first-order valence-corrected chi connectivity index (χ1v) is 6.87. The molecule has 1 fully saturated rings. The summed E-state index contributed by atoms with van der Waals surface area (Å²) < 4.78 is 13.8. The lowest BCUT2D eigenvalue weighted by Gasteiger charge is -2.29. The van der Waals surface area contributed by atoms with E-state index in [1.807, 2.05) is 0 Å². The van der Waals surface area contributed by atoms with Crippen molar-refractivity contribution in [3.05, 3.63) is 39.7 Å². The average Bonchev–Trinajstić information content (AvgIpc) is 2.94. The molecule has 2 atom stereocenters. The van der Waals surface area contributed by atoms with E-state index in [4.69, 9.17) is 5.73 Å². The summed E-state index contributed by atoms with van der Waals surface area (Å²) in [6.45, 7) is 0.472. The maximum atomic E-state index is 13.8. The van der Waals surface area contributed by atoms with Gasteiger partial charge in [0.05, 0.1) is 10.5 Å². The summed E-state index contributed by atoms with van der Waals surface area (Å²) in [7, 11) is 1.60. The second-order valence-electron chi connectivity index (χ2n) is 5.33. The normalized spacial score (nSPS) is 21.3. The van der Waals surface area contributed by atoms with Crippen LogP contribution < -0.4 is 5.73 Å². The van der Waals surface area contributed by atoms with Gasteiger partial charge in [-0.15, -0.1) is 0 Å². The number of amides is 1. The number of nitro benzene ring substituents is 1. The molecule has 0 aromatic heterocycles. The number of non-ortho nitro benzene ring substituents is 1. The van der Waals surface area contributed by atoms with Gasteiger partial charge in [-0.25, -0.2) is 4.39 Å². The average molecular weight is 295 g/mol. The Labute approximate surface area is 121 Å². The van der Waals surface area contributed by atoms with Crippen molar-refractivity contribution >= 4 is 11.6 Å². The summed E-state index contributed by atoms with van der Waals surface area (Å²) >= 11 is 0. The number of halogens is 1. The van der Waals surface area contributed by atoms with Gasteiger partial charge in [0.1, 0.15) is 5.82 Å². The highest BCUT2D eigenvalue weighted by Gasteiger charge is 2.33. The number of carbonyl (C=O) groups excluding carboxylic acids is 1. The Hall–Kier alpha value is -2.02. The van der Waals surface area contributed by atoms with Crippen molar-refractivity contribution in [2.45, 2.75) is 25.3 Å². The Bertz CT molecular complexity index is 564. The van der Waals surface area contributed by atoms with Gasteiger partial charge in [0.25, 0.3) is 11.6 Å². The van der Waals surface area contributed by atoms with Crippen molar-refractivity contribution in [2.75, 3.05) is 13.6 Å². The molecule has 0 saturated heterocycles. The molecular weight excluding hydrogens is 277 g/mol. The van der Waals surface area contributed by atoms with Gasteiger partial charge in [0.15, 0.2) is 0 Å². The van der Waals surface area contributed by atoms with Gasteiger partial charge in [0, 0.05) is 25.2 Å². The van der Waals surface area contributed by atoms with E-state index in [1.165, 1.54) is 4.90 Å². The summed E-state index contributed by atoms with van der Waals surface area (Å²) in [5.74, 6) is -1.10. The highest BCUT2D eigenvalue weighted by molar-refractivity contribution is 5.95. The van der Waals surface area contributed by atoms with Crippen molar-refractivity contribution < 1.29 is 14.1 Å². The van der Waals surface area contributed by atoms with Crippen LogP contribution in [0.2, 0.25) is 0 Å². The van der Waals surface area contributed by atoms with Gasteiger partial charge in [-0.3, -0.25) is 14.9 Å². The molecule has 7 heteroatoms. The Morgan fingerprint density at radius 2 is 2.24 bits per heavy atom. The van der Waals surface area contributed by atoms with E-state index in [0.717, 1.165) is 37.5 Å². The number of nitrogens with zero attached hydrogens (tertiary/aromatic N) is 2. The van der Waals surface area contributed by atoms with Gasteiger partial charge in [0.2, 0.25) is 0 Å². The Morgan fingerprint density at radius 3 is 2.86 bits per heavy atom. The summed E-state index contributed by atoms with van der Waals surface area (Å²) in [6, 6.07) is 2.94. The molecule has 1 aliphatic carbocycles. The molecule has 1 saturated carbocycles. The molecule has 0 spiro atoms. The molecule has 114 valence electrons. The molecule has 2 rings (SSSR count). The first kappa shape index (κ1) is 15.4. The predicted octanol–water partition coefficient (Wildman–Crippen LogP) is 1.93. The van der Waals surface area contributed by atoms with Crippen molar-refractivity contribution in [2.24, 2.45) is 11.7 Å². The van der Waals surface area contributed by atoms with Crippen LogP contribution in [0.4, 0.5) is 10.1 Å². The van der Waals surface area contributed by atoms with Crippen LogP contribution in [-0.2, 0) is 0 Å². The number of carbonyl (C=O) groups is 1.